The van der Waals surface area contributed by atoms with Gasteiger partial charge in [0.1, 0.15) is 11.6 Å². The average molecular weight is 519 g/mol. The molecule has 4 rings (SSSR count). The summed E-state index contributed by atoms with van der Waals surface area (Å²) in [7, 11) is 0. The summed E-state index contributed by atoms with van der Waals surface area (Å²) in [5.41, 5.74) is 5.56. The lowest BCUT2D eigenvalue weighted by Crippen LogP contribution is -2.10. The Labute approximate surface area is 217 Å². The summed E-state index contributed by atoms with van der Waals surface area (Å²) in [5, 5.41) is 19.4. The Balaban J connectivity index is 1.74. The summed E-state index contributed by atoms with van der Waals surface area (Å²) in [6.07, 6.45) is 1.38. The number of rotatable bonds is 6. The molecule has 0 atom stereocenters. The van der Waals surface area contributed by atoms with Gasteiger partial charge in [-0.1, -0.05) is 35.3 Å². The van der Waals surface area contributed by atoms with Gasteiger partial charge in [0.15, 0.2) is 0 Å². The SMILES string of the molecule is Cc1cc(Cl)cc(N(c2ccc(-c3ccc(/C=C(\C#N)C(=O)O)s3)cc2)c2cc(C)cc(Cl)c2)c1. The van der Waals surface area contributed by atoms with E-state index in [-0.39, 0.29) is 5.57 Å². The van der Waals surface area contributed by atoms with Crippen molar-refractivity contribution in [2.75, 3.05) is 4.90 Å². The van der Waals surface area contributed by atoms with Gasteiger partial charge in [0.2, 0.25) is 0 Å². The number of thiophene rings is 1. The van der Waals surface area contributed by atoms with Crippen molar-refractivity contribution in [3.8, 4) is 16.5 Å². The Morgan fingerprint density at radius 1 is 0.886 bits per heavy atom. The van der Waals surface area contributed by atoms with E-state index in [1.165, 1.54) is 17.4 Å². The Morgan fingerprint density at radius 2 is 1.46 bits per heavy atom. The molecular formula is C28H20Cl2N2O2S. The van der Waals surface area contributed by atoms with Crippen LogP contribution in [0.25, 0.3) is 16.5 Å². The zero-order valence-corrected chi connectivity index (χ0v) is 21.2. The molecule has 0 bridgehead atoms. The van der Waals surface area contributed by atoms with E-state index < -0.39 is 5.97 Å². The Hall–Kier alpha value is -3.56. The third kappa shape index (κ3) is 5.75. The maximum atomic E-state index is 11.1. The van der Waals surface area contributed by atoms with Gasteiger partial charge in [-0.05, 0) is 97.3 Å². The number of carboxylic acid groups (broad SMARTS) is 1. The molecule has 7 heteroatoms. The van der Waals surface area contributed by atoms with Crippen molar-refractivity contribution < 1.29 is 9.90 Å². The number of carboxylic acids is 1. The molecule has 35 heavy (non-hydrogen) atoms. The van der Waals surface area contributed by atoms with Crippen LogP contribution in [-0.2, 0) is 4.79 Å². The van der Waals surface area contributed by atoms with Crippen molar-refractivity contribution in [1.29, 1.82) is 5.26 Å². The van der Waals surface area contributed by atoms with Crippen LogP contribution in [0.2, 0.25) is 10.0 Å². The third-order valence-corrected chi connectivity index (χ3v) is 6.76. The molecule has 0 spiro atoms. The molecule has 0 radical (unpaired) electrons. The molecule has 1 heterocycles. The third-order valence-electron chi connectivity index (χ3n) is 5.24. The van der Waals surface area contributed by atoms with E-state index in [1.54, 1.807) is 6.07 Å². The van der Waals surface area contributed by atoms with E-state index in [4.69, 9.17) is 33.6 Å². The molecule has 1 N–H and O–H groups in total. The van der Waals surface area contributed by atoms with Crippen LogP contribution in [0.15, 0.2) is 78.4 Å². The van der Waals surface area contributed by atoms with E-state index in [1.807, 2.05) is 74.5 Å². The molecule has 3 aromatic carbocycles. The predicted octanol–water partition coefficient (Wildman–Crippen LogP) is 8.80. The summed E-state index contributed by atoms with van der Waals surface area (Å²) in [6.45, 7) is 4.01. The van der Waals surface area contributed by atoms with E-state index >= 15 is 0 Å². The topological polar surface area (TPSA) is 64.3 Å². The maximum Gasteiger partial charge on any atom is 0.346 e. The minimum Gasteiger partial charge on any atom is -0.477 e. The molecule has 0 amide bonds. The van der Waals surface area contributed by atoms with Gasteiger partial charge < -0.3 is 10.0 Å². The smallest absolute Gasteiger partial charge is 0.346 e. The van der Waals surface area contributed by atoms with Crippen LogP contribution in [0.5, 0.6) is 0 Å². The lowest BCUT2D eigenvalue weighted by atomic mass is 10.1. The number of aryl methyl sites for hydroxylation is 2. The number of benzene rings is 3. The van der Waals surface area contributed by atoms with Crippen molar-refractivity contribution in [1.82, 2.24) is 0 Å². The molecule has 0 unspecified atom stereocenters. The molecule has 0 aliphatic heterocycles. The second-order valence-corrected chi connectivity index (χ2v) is 10.0. The summed E-state index contributed by atoms with van der Waals surface area (Å²) >= 11 is 14.2. The number of carbonyl (C=O) groups is 1. The highest BCUT2D eigenvalue weighted by atomic mass is 35.5. The average Bonchev–Trinajstić information content (AvgIpc) is 3.25. The van der Waals surface area contributed by atoms with Crippen LogP contribution in [-0.4, -0.2) is 11.1 Å². The van der Waals surface area contributed by atoms with Crippen molar-refractivity contribution in [3.05, 3.63) is 104 Å². The number of hydrogen-bond donors (Lipinski definition) is 1. The molecule has 0 aliphatic carbocycles. The van der Waals surface area contributed by atoms with Gasteiger partial charge in [-0.2, -0.15) is 5.26 Å². The van der Waals surface area contributed by atoms with Gasteiger partial charge >= 0.3 is 5.97 Å². The van der Waals surface area contributed by atoms with Crippen molar-refractivity contribution in [2.24, 2.45) is 0 Å². The van der Waals surface area contributed by atoms with Gasteiger partial charge in [0, 0.05) is 36.9 Å². The minimum atomic E-state index is -1.24. The van der Waals surface area contributed by atoms with Crippen molar-refractivity contribution in [2.45, 2.75) is 13.8 Å². The Morgan fingerprint density at radius 3 is 1.94 bits per heavy atom. The van der Waals surface area contributed by atoms with Gasteiger partial charge in [0.05, 0.1) is 0 Å². The second-order valence-electron chi connectivity index (χ2n) is 8.03. The van der Waals surface area contributed by atoms with E-state index in [0.29, 0.717) is 14.9 Å². The largest absolute Gasteiger partial charge is 0.477 e. The summed E-state index contributed by atoms with van der Waals surface area (Å²) in [4.78, 5) is 14.9. The molecule has 1 aromatic heterocycles. The second kappa shape index (κ2) is 10.4. The van der Waals surface area contributed by atoms with E-state index in [9.17, 15) is 4.79 Å². The highest BCUT2D eigenvalue weighted by Crippen LogP contribution is 2.39. The maximum absolute atomic E-state index is 11.1. The van der Waals surface area contributed by atoms with Crippen molar-refractivity contribution in [3.63, 3.8) is 0 Å². The first-order valence-electron chi connectivity index (χ1n) is 10.6. The lowest BCUT2D eigenvalue weighted by molar-refractivity contribution is -0.132. The molecule has 4 aromatic rings. The number of nitriles is 1. The molecule has 4 nitrogen and oxygen atoms in total. The quantitative estimate of drug-likeness (QED) is 0.204. The first kappa shape index (κ1) is 24.6. The Kier molecular flexibility index (Phi) is 7.28. The Bertz CT molecular complexity index is 1390. The monoisotopic (exact) mass is 518 g/mol. The summed E-state index contributed by atoms with van der Waals surface area (Å²) in [6, 6.07) is 25.3. The zero-order valence-electron chi connectivity index (χ0n) is 18.9. The number of hydrogen-bond acceptors (Lipinski definition) is 4. The molecule has 0 saturated carbocycles. The number of nitrogens with zero attached hydrogens (tertiary/aromatic N) is 2. The standard InChI is InChI=1S/C28H20Cl2N2O2S/c1-17-9-21(29)14-24(11-17)32(25-12-18(2)10-22(30)15-25)23-5-3-19(4-6-23)27-8-7-26(35-27)13-20(16-31)28(33)34/h3-15H,1-2H3,(H,33,34)/b20-13+. The normalized spacial score (nSPS) is 11.2. The summed E-state index contributed by atoms with van der Waals surface area (Å²) < 4.78 is 0. The van der Waals surface area contributed by atoms with Crippen LogP contribution < -0.4 is 4.90 Å². The predicted molar refractivity (Wildman–Crippen MR) is 145 cm³/mol. The minimum absolute atomic E-state index is 0.293. The lowest BCUT2D eigenvalue weighted by Gasteiger charge is -2.26. The number of aliphatic carboxylic acids is 1. The fraction of sp³-hybridized carbons (Fsp3) is 0.0714. The molecule has 0 fully saturated rings. The van der Waals surface area contributed by atoms with E-state index in [2.05, 4.69) is 17.0 Å². The van der Waals surface area contributed by atoms with Gasteiger partial charge in [-0.3, -0.25) is 0 Å². The molecule has 174 valence electrons. The summed E-state index contributed by atoms with van der Waals surface area (Å²) in [5.74, 6) is -1.24. The van der Waals surface area contributed by atoms with Crippen LogP contribution in [0.4, 0.5) is 17.1 Å². The number of halogens is 2. The van der Waals surface area contributed by atoms with Gasteiger partial charge in [-0.15, -0.1) is 11.3 Å². The van der Waals surface area contributed by atoms with Gasteiger partial charge in [0.25, 0.3) is 0 Å². The zero-order chi connectivity index (χ0) is 25.1. The highest BCUT2D eigenvalue weighted by Gasteiger charge is 2.15. The van der Waals surface area contributed by atoms with Gasteiger partial charge in [-0.25, -0.2) is 4.79 Å². The fourth-order valence-corrected chi connectivity index (χ4v) is 5.31. The first-order chi connectivity index (χ1) is 16.7. The molecule has 0 aliphatic rings. The highest BCUT2D eigenvalue weighted by molar-refractivity contribution is 7.16. The van der Waals surface area contributed by atoms with Crippen LogP contribution in [0, 0.1) is 25.2 Å². The van der Waals surface area contributed by atoms with Crippen LogP contribution >= 0.6 is 34.5 Å². The first-order valence-corrected chi connectivity index (χ1v) is 12.2. The van der Waals surface area contributed by atoms with E-state index in [0.717, 1.165) is 38.6 Å². The number of anilines is 3. The van der Waals surface area contributed by atoms with Crippen LogP contribution in [0.3, 0.4) is 0 Å². The van der Waals surface area contributed by atoms with Crippen molar-refractivity contribution >= 4 is 63.6 Å². The molecular weight excluding hydrogens is 499 g/mol. The van der Waals surface area contributed by atoms with Crippen LogP contribution in [0.1, 0.15) is 16.0 Å². The molecule has 0 saturated heterocycles. The fourth-order valence-electron chi connectivity index (χ4n) is 3.78.